The first-order valence-corrected chi connectivity index (χ1v) is 9.14. The van der Waals surface area contributed by atoms with Gasteiger partial charge in [-0.15, -0.1) is 0 Å². The van der Waals surface area contributed by atoms with Crippen LogP contribution >= 0.6 is 0 Å². The van der Waals surface area contributed by atoms with Crippen LogP contribution in [-0.4, -0.2) is 33.9 Å². The first-order valence-electron chi connectivity index (χ1n) is 9.14. The van der Waals surface area contributed by atoms with Gasteiger partial charge in [-0.25, -0.2) is 4.39 Å². The van der Waals surface area contributed by atoms with Gasteiger partial charge in [0.05, 0.1) is 12.2 Å². The van der Waals surface area contributed by atoms with E-state index < -0.39 is 28.7 Å². The zero-order valence-electron chi connectivity index (χ0n) is 14.6. The fourth-order valence-corrected chi connectivity index (χ4v) is 6.55. The lowest BCUT2D eigenvalue weighted by molar-refractivity contribution is -0.201. The van der Waals surface area contributed by atoms with Crippen LogP contribution in [0.3, 0.4) is 0 Å². The molecule has 3 nitrogen and oxygen atoms in total. The van der Waals surface area contributed by atoms with Gasteiger partial charge in [0.2, 0.25) is 0 Å². The van der Waals surface area contributed by atoms with Gasteiger partial charge in [0.15, 0.2) is 11.5 Å². The van der Waals surface area contributed by atoms with Gasteiger partial charge in [-0.05, 0) is 62.0 Å². The molecule has 132 valence electrons. The van der Waals surface area contributed by atoms with E-state index in [2.05, 4.69) is 0 Å². The van der Waals surface area contributed by atoms with Gasteiger partial charge in [-0.3, -0.25) is 4.79 Å². The summed E-state index contributed by atoms with van der Waals surface area (Å²) in [5.74, 6) is -0.182. The highest BCUT2D eigenvalue weighted by Crippen LogP contribution is 2.68. The number of rotatable bonds is 0. The zero-order valence-corrected chi connectivity index (χ0v) is 14.6. The molecule has 0 bridgehead atoms. The van der Waals surface area contributed by atoms with Crippen LogP contribution in [0.15, 0.2) is 23.8 Å². The maximum Gasteiger partial charge on any atom is 0.178 e. The van der Waals surface area contributed by atoms with Crippen molar-refractivity contribution in [1.29, 1.82) is 0 Å². The van der Waals surface area contributed by atoms with Crippen LogP contribution in [0.25, 0.3) is 0 Å². The zero-order chi connectivity index (χ0) is 17.5. The number of allylic oxidation sites excluding steroid dienone is 4. The number of hydrogen-bond acceptors (Lipinski definition) is 3. The van der Waals surface area contributed by atoms with Gasteiger partial charge in [0.25, 0.3) is 0 Å². The van der Waals surface area contributed by atoms with Crippen molar-refractivity contribution in [3.63, 3.8) is 0 Å². The minimum atomic E-state index is -1.78. The van der Waals surface area contributed by atoms with Crippen LogP contribution in [0, 0.1) is 28.6 Å². The fourth-order valence-electron chi connectivity index (χ4n) is 6.55. The smallest absolute Gasteiger partial charge is 0.178 e. The van der Waals surface area contributed by atoms with E-state index in [0.29, 0.717) is 12.8 Å². The number of aliphatic hydroxyl groups is 2. The largest absolute Gasteiger partial charge is 0.392 e. The predicted octanol–water partition coefficient (Wildman–Crippen LogP) is 2.96. The van der Waals surface area contributed by atoms with Crippen LogP contribution in [0.5, 0.6) is 0 Å². The molecule has 0 saturated heterocycles. The molecule has 24 heavy (non-hydrogen) atoms. The van der Waals surface area contributed by atoms with E-state index in [-0.39, 0.29) is 30.0 Å². The Morgan fingerprint density at radius 2 is 1.96 bits per heavy atom. The van der Waals surface area contributed by atoms with Crippen molar-refractivity contribution in [1.82, 2.24) is 0 Å². The fraction of sp³-hybridized carbons (Fsp3) is 0.750. The number of carbonyl (C=O) groups excluding carboxylic acids is 1. The molecule has 3 unspecified atom stereocenters. The molecule has 4 aliphatic carbocycles. The Morgan fingerprint density at radius 3 is 2.67 bits per heavy atom. The predicted molar refractivity (Wildman–Crippen MR) is 88.9 cm³/mol. The molecular formula is C20H27FO3. The van der Waals surface area contributed by atoms with E-state index in [9.17, 15) is 15.0 Å². The Labute approximate surface area is 142 Å². The Balaban J connectivity index is 1.83. The van der Waals surface area contributed by atoms with Crippen molar-refractivity contribution in [2.24, 2.45) is 28.6 Å². The Kier molecular flexibility index (Phi) is 3.29. The minimum absolute atomic E-state index is 0.0697. The average Bonchev–Trinajstić information content (AvgIpc) is 2.74. The lowest BCUT2D eigenvalue weighted by Gasteiger charge is -2.61. The lowest BCUT2D eigenvalue weighted by atomic mass is 9.46. The molecule has 8 atom stereocenters. The van der Waals surface area contributed by atoms with E-state index >= 15 is 4.39 Å². The summed E-state index contributed by atoms with van der Waals surface area (Å²) in [6, 6.07) is 0. The molecule has 3 saturated carbocycles. The topological polar surface area (TPSA) is 57.5 Å². The number of carbonyl (C=O) groups is 1. The monoisotopic (exact) mass is 334 g/mol. The summed E-state index contributed by atoms with van der Waals surface area (Å²) in [6.45, 7) is 5.87. The van der Waals surface area contributed by atoms with E-state index in [4.69, 9.17) is 0 Å². The summed E-state index contributed by atoms with van der Waals surface area (Å²) in [4.78, 5) is 11.7. The highest BCUT2D eigenvalue weighted by Gasteiger charge is 2.70. The normalized spacial score (nSPS) is 56.3. The molecular weight excluding hydrogens is 307 g/mol. The summed E-state index contributed by atoms with van der Waals surface area (Å²) >= 11 is 0. The SMILES string of the molecule is CC1C[C@H]2[C@@H]3CCC4=CC(=O)C=C[C@]4(C)[C@@]3(F)C(O)C[C@]2(C)C1O. The molecule has 0 radical (unpaired) electrons. The van der Waals surface area contributed by atoms with E-state index in [0.717, 1.165) is 12.0 Å². The van der Waals surface area contributed by atoms with Crippen molar-refractivity contribution in [2.75, 3.05) is 0 Å². The summed E-state index contributed by atoms with van der Waals surface area (Å²) < 4.78 is 16.6. The number of halogens is 1. The Bertz CT molecular complexity index is 655. The van der Waals surface area contributed by atoms with Crippen molar-refractivity contribution >= 4 is 5.78 Å². The number of ketones is 1. The van der Waals surface area contributed by atoms with Gasteiger partial charge in [-0.2, -0.15) is 0 Å². The van der Waals surface area contributed by atoms with Gasteiger partial charge < -0.3 is 10.2 Å². The molecule has 4 rings (SSSR count). The number of aliphatic hydroxyl groups excluding tert-OH is 2. The first kappa shape index (κ1) is 16.5. The number of fused-ring (bicyclic) bond motifs is 5. The van der Waals surface area contributed by atoms with Gasteiger partial charge in [0, 0.05) is 11.3 Å². The van der Waals surface area contributed by atoms with Crippen molar-refractivity contribution < 1.29 is 19.4 Å². The molecule has 0 aromatic carbocycles. The molecule has 0 heterocycles. The highest BCUT2D eigenvalue weighted by molar-refractivity contribution is 6.01. The Hall–Kier alpha value is -1.00. The maximum absolute atomic E-state index is 16.6. The van der Waals surface area contributed by atoms with E-state index in [1.165, 1.54) is 6.08 Å². The third-order valence-electron chi connectivity index (χ3n) is 7.92. The summed E-state index contributed by atoms with van der Waals surface area (Å²) in [7, 11) is 0. The van der Waals surface area contributed by atoms with Crippen LogP contribution in [0.1, 0.15) is 46.5 Å². The highest BCUT2D eigenvalue weighted by atomic mass is 19.1. The molecule has 4 aliphatic rings. The summed E-state index contributed by atoms with van der Waals surface area (Å²) in [5, 5.41) is 21.6. The third-order valence-corrected chi connectivity index (χ3v) is 7.92. The van der Waals surface area contributed by atoms with Crippen LogP contribution in [0.2, 0.25) is 0 Å². The number of hydrogen-bond donors (Lipinski definition) is 2. The Morgan fingerprint density at radius 1 is 1.25 bits per heavy atom. The molecule has 0 aromatic rings. The molecule has 3 fully saturated rings. The van der Waals surface area contributed by atoms with Crippen molar-refractivity contribution in [3.8, 4) is 0 Å². The standard InChI is InChI=1S/C20H27FO3/c1-11-8-15-14-5-4-12-9-13(22)6-7-19(12,3)20(14,21)16(23)10-18(15,2)17(11)24/h6-7,9,11,14-17,23-24H,4-5,8,10H2,1-3H3/t11?,14-,15-,16?,17?,18-,19-,20-/m0/s1. The van der Waals surface area contributed by atoms with Crippen LogP contribution in [-0.2, 0) is 4.79 Å². The summed E-state index contributed by atoms with van der Waals surface area (Å²) in [5.41, 5.74) is -2.32. The first-order chi connectivity index (χ1) is 11.1. The molecule has 4 heteroatoms. The molecule has 0 spiro atoms. The maximum atomic E-state index is 16.6. The van der Waals surface area contributed by atoms with E-state index in [1.807, 2.05) is 20.8 Å². The van der Waals surface area contributed by atoms with Crippen molar-refractivity contribution in [2.45, 2.75) is 64.3 Å². The second kappa shape index (κ2) is 4.79. The third kappa shape index (κ3) is 1.71. The minimum Gasteiger partial charge on any atom is -0.392 e. The van der Waals surface area contributed by atoms with Gasteiger partial charge in [0.1, 0.15) is 0 Å². The van der Waals surface area contributed by atoms with E-state index in [1.54, 1.807) is 12.2 Å². The molecule has 2 N–H and O–H groups in total. The quantitative estimate of drug-likeness (QED) is 0.716. The molecule has 0 amide bonds. The van der Waals surface area contributed by atoms with Crippen LogP contribution in [0.4, 0.5) is 4.39 Å². The van der Waals surface area contributed by atoms with Crippen LogP contribution < -0.4 is 0 Å². The molecule has 0 aromatic heterocycles. The number of alkyl halides is 1. The average molecular weight is 334 g/mol. The van der Waals surface area contributed by atoms with Gasteiger partial charge >= 0.3 is 0 Å². The molecule has 0 aliphatic heterocycles. The second-order valence-electron chi connectivity index (χ2n) is 9.01. The van der Waals surface area contributed by atoms with Gasteiger partial charge in [-0.1, -0.05) is 25.5 Å². The second-order valence-corrected chi connectivity index (χ2v) is 9.01. The summed E-state index contributed by atoms with van der Waals surface area (Å²) in [6.07, 6.45) is 5.47. The van der Waals surface area contributed by atoms with Crippen molar-refractivity contribution in [3.05, 3.63) is 23.8 Å². The lowest BCUT2D eigenvalue weighted by Crippen LogP contribution is -2.66.